The number of hydrogen-bond donors (Lipinski definition) is 2. The molecule has 0 heterocycles. The standard InChI is InChI=1S/C22H25FN2O4/c1-28-18-9-8-17(14-19(18)29-2)24-21(27)22(10-3-4-11-22)25-20(26)13-15-6-5-7-16(23)12-15/h5-9,12,14H,3-4,10-11,13H2,1-2H3,(H,24,27)(H,25,26). The van der Waals surface area contributed by atoms with Gasteiger partial charge in [-0.15, -0.1) is 0 Å². The van der Waals surface area contributed by atoms with Crippen LogP contribution in [-0.4, -0.2) is 31.6 Å². The molecule has 7 heteroatoms. The number of anilines is 1. The van der Waals surface area contributed by atoms with Crippen LogP contribution in [0.5, 0.6) is 11.5 Å². The summed E-state index contributed by atoms with van der Waals surface area (Å²) in [6.07, 6.45) is 2.82. The molecule has 2 aromatic rings. The molecule has 2 aromatic carbocycles. The molecule has 1 saturated carbocycles. The Labute approximate surface area is 169 Å². The maximum Gasteiger partial charge on any atom is 0.250 e. The average Bonchev–Trinajstić information content (AvgIpc) is 3.17. The van der Waals surface area contributed by atoms with Crippen molar-refractivity contribution >= 4 is 17.5 Å². The molecule has 0 aliphatic heterocycles. The highest BCUT2D eigenvalue weighted by atomic mass is 19.1. The van der Waals surface area contributed by atoms with Crippen LogP contribution in [0.1, 0.15) is 31.2 Å². The molecule has 0 atom stereocenters. The largest absolute Gasteiger partial charge is 0.493 e. The molecule has 0 saturated heterocycles. The fourth-order valence-corrected chi connectivity index (χ4v) is 3.70. The first-order valence-corrected chi connectivity index (χ1v) is 9.55. The zero-order chi connectivity index (χ0) is 20.9. The predicted octanol–water partition coefficient (Wildman–Crippen LogP) is 3.45. The molecule has 0 aromatic heterocycles. The molecule has 6 nitrogen and oxygen atoms in total. The Bertz CT molecular complexity index is 894. The van der Waals surface area contributed by atoms with Gasteiger partial charge in [-0.25, -0.2) is 4.39 Å². The predicted molar refractivity (Wildman–Crippen MR) is 108 cm³/mol. The number of hydrogen-bond acceptors (Lipinski definition) is 4. The third-order valence-electron chi connectivity index (χ3n) is 5.17. The monoisotopic (exact) mass is 400 g/mol. The number of amides is 2. The van der Waals surface area contributed by atoms with Crippen LogP contribution in [0.4, 0.5) is 10.1 Å². The summed E-state index contributed by atoms with van der Waals surface area (Å²) in [7, 11) is 3.06. The van der Waals surface area contributed by atoms with Gasteiger partial charge in [0.15, 0.2) is 11.5 Å². The van der Waals surface area contributed by atoms with Crippen molar-refractivity contribution in [3.63, 3.8) is 0 Å². The summed E-state index contributed by atoms with van der Waals surface area (Å²) < 4.78 is 23.9. The highest BCUT2D eigenvalue weighted by molar-refractivity contribution is 6.01. The third kappa shape index (κ3) is 4.85. The van der Waals surface area contributed by atoms with Gasteiger partial charge in [-0.3, -0.25) is 9.59 Å². The van der Waals surface area contributed by atoms with Crippen molar-refractivity contribution < 1.29 is 23.5 Å². The summed E-state index contributed by atoms with van der Waals surface area (Å²) in [5.74, 6) is 0.0947. The van der Waals surface area contributed by atoms with Crippen molar-refractivity contribution in [3.8, 4) is 11.5 Å². The quantitative estimate of drug-likeness (QED) is 0.746. The van der Waals surface area contributed by atoms with E-state index >= 15 is 0 Å². The van der Waals surface area contributed by atoms with E-state index < -0.39 is 11.4 Å². The number of benzene rings is 2. The minimum Gasteiger partial charge on any atom is -0.493 e. The summed E-state index contributed by atoms with van der Waals surface area (Å²) in [6, 6.07) is 11.0. The Balaban J connectivity index is 1.72. The summed E-state index contributed by atoms with van der Waals surface area (Å²) in [4.78, 5) is 25.7. The van der Waals surface area contributed by atoms with Crippen molar-refractivity contribution in [1.29, 1.82) is 0 Å². The van der Waals surface area contributed by atoms with Crippen LogP contribution >= 0.6 is 0 Å². The second-order valence-corrected chi connectivity index (χ2v) is 7.17. The summed E-state index contributed by atoms with van der Waals surface area (Å²) in [5.41, 5.74) is 0.145. The summed E-state index contributed by atoms with van der Waals surface area (Å²) in [5, 5.41) is 5.78. The van der Waals surface area contributed by atoms with Crippen LogP contribution < -0.4 is 20.1 Å². The SMILES string of the molecule is COc1ccc(NC(=O)C2(NC(=O)Cc3cccc(F)c3)CCCC2)cc1OC. The van der Waals surface area contributed by atoms with E-state index in [-0.39, 0.29) is 18.2 Å². The molecule has 0 unspecified atom stereocenters. The Morgan fingerprint density at radius 2 is 1.76 bits per heavy atom. The minimum atomic E-state index is -0.975. The van der Waals surface area contributed by atoms with Gasteiger partial charge >= 0.3 is 0 Å². The van der Waals surface area contributed by atoms with Crippen LogP contribution in [0.2, 0.25) is 0 Å². The molecular weight excluding hydrogens is 375 g/mol. The molecule has 2 amide bonds. The smallest absolute Gasteiger partial charge is 0.250 e. The highest BCUT2D eigenvalue weighted by Crippen LogP contribution is 2.33. The lowest BCUT2D eigenvalue weighted by molar-refractivity contribution is -0.130. The van der Waals surface area contributed by atoms with Gasteiger partial charge in [0.2, 0.25) is 11.8 Å². The number of halogens is 1. The van der Waals surface area contributed by atoms with E-state index in [1.807, 2.05) is 0 Å². The van der Waals surface area contributed by atoms with E-state index in [9.17, 15) is 14.0 Å². The fraction of sp³-hybridized carbons (Fsp3) is 0.364. The molecule has 0 spiro atoms. The van der Waals surface area contributed by atoms with Gasteiger partial charge in [0.1, 0.15) is 11.4 Å². The first-order chi connectivity index (χ1) is 14.0. The highest BCUT2D eigenvalue weighted by Gasteiger charge is 2.42. The second kappa shape index (κ2) is 8.94. The van der Waals surface area contributed by atoms with E-state index in [0.29, 0.717) is 35.6 Å². The Morgan fingerprint density at radius 1 is 1.03 bits per heavy atom. The Morgan fingerprint density at radius 3 is 2.41 bits per heavy atom. The van der Waals surface area contributed by atoms with Gasteiger partial charge < -0.3 is 20.1 Å². The number of ether oxygens (including phenoxy) is 2. The van der Waals surface area contributed by atoms with E-state index in [2.05, 4.69) is 10.6 Å². The van der Waals surface area contributed by atoms with Gasteiger partial charge in [0.05, 0.1) is 20.6 Å². The lowest BCUT2D eigenvalue weighted by atomic mass is 9.95. The van der Waals surface area contributed by atoms with Crippen LogP contribution in [0.15, 0.2) is 42.5 Å². The number of rotatable bonds is 7. The first-order valence-electron chi connectivity index (χ1n) is 9.55. The van der Waals surface area contributed by atoms with Gasteiger partial charge in [-0.2, -0.15) is 0 Å². The normalized spacial score (nSPS) is 14.9. The molecular formula is C22H25FN2O4. The topological polar surface area (TPSA) is 76.7 Å². The van der Waals surface area contributed by atoms with Crippen LogP contribution in [0.25, 0.3) is 0 Å². The molecule has 3 rings (SSSR count). The van der Waals surface area contributed by atoms with Gasteiger partial charge in [-0.05, 0) is 42.7 Å². The zero-order valence-corrected chi connectivity index (χ0v) is 16.6. The van der Waals surface area contributed by atoms with Crippen LogP contribution in [0.3, 0.4) is 0 Å². The first kappa shape index (κ1) is 20.6. The molecule has 1 aliphatic carbocycles. The molecule has 0 bridgehead atoms. The van der Waals surface area contributed by atoms with Gasteiger partial charge in [0.25, 0.3) is 0 Å². The molecule has 2 N–H and O–H groups in total. The van der Waals surface area contributed by atoms with Crippen molar-refractivity contribution in [2.24, 2.45) is 0 Å². The van der Waals surface area contributed by atoms with Crippen molar-refractivity contribution in [3.05, 3.63) is 53.8 Å². The van der Waals surface area contributed by atoms with Crippen molar-refractivity contribution in [2.45, 2.75) is 37.6 Å². The van der Waals surface area contributed by atoms with Gasteiger partial charge in [-0.1, -0.05) is 25.0 Å². The van der Waals surface area contributed by atoms with E-state index in [1.165, 1.54) is 26.4 Å². The van der Waals surface area contributed by atoms with E-state index in [4.69, 9.17) is 9.47 Å². The molecule has 1 fully saturated rings. The Kier molecular flexibility index (Phi) is 6.36. The van der Waals surface area contributed by atoms with Crippen LogP contribution in [-0.2, 0) is 16.0 Å². The maximum absolute atomic E-state index is 13.4. The van der Waals surface area contributed by atoms with E-state index in [1.54, 1.807) is 30.3 Å². The van der Waals surface area contributed by atoms with Gasteiger partial charge in [0, 0.05) is 11.8 Å². The van der Waals surface area contributed by atoms with E-state index in [0.717, 1.165) is 12.8 Å². The molecule has 1 aliphatic rings. The number of methoxy groups -OCH3 is 2. The third-order valence-corrected chi connectivity index (χ3v) is 5.17. The number of nitrogens with one attached hydrogen (secondary N) is 2. The van der Waals surface area contributed by atoms with Crippen molar-refractivity contribution in [2.75, 3.05) is 19.5 Å². The second-order valence-electron chi connectivity index (χ2n) is 7.17. The minimum absolute atomic E-state index is 0.0170. The lowest BCUT2D eigenvalue weighted by Gasteiger charge is -2.29. The average molecular weight is 400 g/mol. The molecule has 29 heavy (non-hydrogen) atoms. The van der Waals surface area contributed by atoms with Crippen molar-refractivity contribution in [1.82, 2.24) is 5.32 Å². The molecule has 0 radical (unpaired) electrons. The Hall–Kier alpha value is -3.09. The maximum atomic E-state index is 13.4. The summed E-state index contributed by atoms with van der Waals surface area (Å²) in [6.45, 7) is 0. The number of carbonyl (C=O) groups excluding carboxylic acids is 2. The summed E-state index contributed by atoms with van der Waals surface area (Å²) >= 11 is 0. The zero-order valence-electron chi connectivity index (χ0n) is 16.6. The number of carbonyl (C=O) groups is 2. The fourth-order valence-electron chi connectivity index (χ4n) is 3.70. The van der Waals surface area contributed by atoms with Crippen LogP contribution in [0, 0.1) is 5.82 Å². The molecule has 154 valence electrons. The lowest BCUT2D eigenvalue weighted by Crippen LogP contribution is -2.55.